The maximum Gasteiger partial charge on any atom is 0.338 e. The van der Waals surface area contributed by atoms with Gasteiger partial charge < -0.3 is 19.7 Å². The summed E-state index contributed by atoms with van der Waals surface area (Å²) >= 11 is 0. The Hall–Kier alpha value is -2.67. The lowest BCUT2D eigenvalue weighted by Gasteiger charge is -2.36. The van der Waals surface area contributed by atoms with E-state index in [-0.39, 0.29) is 29.9 Å². The maximum absolute atomic E-state index is 13.2. The fraction of sp³-hybridized carbons (Fsp3) is 0.542. The molecule has 1 aliphatic carbocycles. The lowest BCUT2D eigenvalue weighted by molar-refractivity contribution is -0.138. The Kier molecular flexibility index (Phi) is 5.08. The summed E-state index contributed by atoms with van der Waals surface area (Å²) in [5, 5.41) is 3.65. The van der Waals surface area contributed by atoms with E-state index in [4.69, 9.17) is 9.47 Å². The maximum atomic E-state index is 13.2. The summed E-state index contributed by atoms with van der Waals surface area (Å²) in [5.74, 6) is -0.359. The van der Waals surface area contributed by atoms with Crippen LogP contribution in [0.1, 0.15) is 60.5 Å². The van der Waals surface area contributed by atoms with Crippen molar-refractivity contribution < 1.29 is 23.9 Å². The largest absolute Gasteiger partial charge is 0.457 e. The van der Waals surface area contributed by atoms with Crippen LogP contribution in [0, 0.1) is 5.41 Å². The van der Waals surface area contributed by atoms with Gasteiger partial charge in [-0.3, -0.25) is 4.79 Å². The lowest BCUT2D eigenvalue weighted by atomic mass is 9.71. The quantitative estimate of drug-likeness (QED) is 0.731. The average molecular weight is 424 g/mol. The van der Waals surface area contributed by atoms with Crippen molar-refractivity contribution in [2.24, 2.45) is 5.41 Å². The second-order valence-electron chi connectivity index (χ2n) is 9.18. The highest BCUT2D eigenvalue weighted by Gasteiger charge is 2.50. The standard InChI is InChI=1S/C24H28N2O5/c1-15-20(14-31-21(15)27)26-11-9-24(23(26)29)7-4-18(5-8-24)25-10-6-16-2-3-19-17(12-16)13-30-22(19)28/h2-3,12,18,25H,4-11,13-14H2,1H3. The van der Waals surface area contributed by atoms with Gasteiger partial charge in [-0.15, -0.1) is 0 Å². The molecular formula is C24H28N2O5. The normalized spacial score (nSPS) is 27.8. The Labute approximate surface area is 181 Å². The SMILES string of the molecule is CC1=C(N2CCC3(CCC(NCCc4ccc5c(c4)COC5=O)CC3)C2=O)COC1=O. The van der Waals surface area contributed by atoms with Crippen LogP contribution in [0.2, 0.25) is 0 Å². The number of amides is 1. The molecule has 1 amide bonds. The van der Waals surface area contributed by atoms with E-state index in [2.05, 4.69) is 11.4 Å². The van der Waals surface area contributed by atoms with Crippen LogP contribution < -0.4 is 5.32 Å². The van der Waals surface area contributed by atoms with Crippen molar-refractivity contribution >= 4 is 17.8 Å². The van der Waals surface area contributed by atoms with Crippen LogP contribution in [0.4, 0.5) is 0 Å². The molecule has 1 N–H and O–H groups in total. The van der Waals surface area contributed by atoms with E-state index in [1.54, 1.807) is 11.8 Å². The molecule has 1 aromatic carbocycles. The van der Waals surface area contributed by atoms with Crippen LogP contribution >= 0.6 is 0 Å². The highest BCUT2D eigenvalue weighted by atomic mass is 16.5. The number of cyclic esters (lactones) is 2. The number of likely N-dealkylation sites (tertiary alicyclic amines) is 1. The van der Waals surface area contributed by atoms with Crippen LogP contribution in [0.3, 0.4) is 0 Å². The second-order valence-corrected chi connectivity index (χ2v) is 9.18. The van der Waals surface area contributed by atoms with E-state index >= 15 is 0 Å². The minimum Gasteiger partial charge on any atom is -0.457 e. The van der Waals surface area contributed by atoms with E-state index in [0.717, 1.165) is 56.3 Å². The van der Waals surface area contributed by atoms with E-state index in [1.165, 1.54) is 5.56 Å². The number of hydrogen-bond acceptors (Lipinski definition) is 6. The molecular weight excluding hydrogens is 396 g/mol. The minimum absolute atomic E-state index is 0.175. The van der Waals surface area contributed by atoms with E-state index < -0.39 is 0 Å². The van der Waals surface area contributed by atoms with Gasteiger partial charge in [0.25, 0.3) is 0 Å². The first-order valence-corrected chi connectivity index (χ1v) is 11.2. The lowest BCUT2D eigenvalue weighted by Crippen LogP contribution is -2.42. The van der Waals surface area contributed by atoms with Crippen molar-refractivity contribution in [1.29, 1.82) is 0 Å². The predicted molar refractivity (Wildman–Crippen MR) is 112 cm³/mol. The van der Waals surface area contributed by atoms with Gasteiger partial charge in [-0.25, -0.2) is 9.59 Å². The van der Waals surface area contributed by atoms with E-state index in [9.17, 15) is 14.4 Å². The Balaban J connectivity index is 1.12. The van der Waals surface area contributed by atoms with E-state index in [0.29, 0.717) is 30.3 Å². The van der Waals surface area contributed by atoms with Crippen molar-refractivity contribution in [2.75, 3.05) is 19.7 Å². The molecule has 0 unspecified atom stereocenters. The number of esters is 2. The summed E-state index contributed by atoms with van der Waals surface area (Å²) in [7, 11) is 0. The van der Waals surface area contributed by atoms with Crippen molar-refractivity contribution in [3.63, 3.8) is 0 Å². The number of rotatable bonds is 5. The van der Waals surface area contributed by atoms with Crippen LogP contribution in [0.5, 0.6) is 0 Å². The predicted octanol–water partition coefficient (Wildman–Crippen LogP) is 2.48. The van der Waals surface area contributed by atoms with E-state index in [1.807, 2.05) is 12.1 Å². The van der Waals surface area contributed by atoms with Crippen molar-refractivity contribution in [2.45, 2.75) is 58.1 Å². The topological polar surface area (TPSA) is 84.9 Å². The number of nitrogens with one attached hydrogen (secondary N) is 1. The van der Waals surface area contributed by atoms with Crippen molar-refractivity contribution in [3.05, 3.63) is 46.2 Å². The average Bonchev–Trinajstić information content (AvgIpc) is 3.41. The third-order valence-electron chi connectivity index (χ3n) is 7.46. The summed E-state index contributed by atoms with van der Waals surface area (Å²) in [6.07, 6.45) is 5.51. The molecule has 31 heavy (non-hydrogen) atoms. The van der Waals surface area contributed by atoms with Gasteiger partial charge in [-0.1, -0.05) is 12.1 Å². The molecule has 1 spiro atoms. The van der Waals surface area contributed by atoms with Gasteiger partial charge in [0.1, 0.15) is 13.2 Å². The molecule has 0 radical (unpaired) electrons. The molecule has 4 aliphatic rings. The zero-order chi connectivity index (χ0) is 21.6. The Morgan fingerprint density at radius 2 is 1.84 bits per heavy atom. The molecule has 0 aromatic heterocycles. The highest BCUT2D eigenvalue weighted by Crippen LogP contribution is 2.46. The van der Waals surface area contributed by atoms with Gasteiger partial charge >= 0.3 is 11.9 Å². The molecule has 7 heteroatoms. The molecule has 3 heterocycles. The molecule has 5 rings (SSSR count). The fourth-order valence-electron chi connectivity index (χ4n) is 5.43. The molecule has 164 valence electrons. The second kappa shape index (κ2) is 7.79. The monoisotopic (exact) mass is 424 g/mol. The molecule has 1 saturated heterocycles. The molecule has 0 bridgehead atoms. The van der Waals surface area contributed by atoms with Crippen molar-refractivity contribution in [1.82, 2.24) is 10.2 Å². The number of carbonyl (C=O) groups is 3. The molecule has 1 aromatic rings. The number of fused-ring (bicyclic) bond motifs is 1. The van der Waals surface area contributed by atoms with Gasteiger partial charge in [-0.05, 0) is 63.6 Å². The van der Waals surface area contributed by atoms with Crippen LogP contribution in [-0.4, -0.2) is 48.5 Å². The van der Waals surface area contributed by atoms with Crippen LogP contribution in [0.15, 0.2) is 29.5 Å². The molecule has 1 saturated carbocycles. The molecule has 2 fully saturated rings. The molecule has 0 atom stereocenters. The zero-order valence-corrected chi connectivity index (χ0v) is 17.9. The Bertz CT molecular complexity index is 974. The first kappa shape index (κ1) is 20.2. The number of carbonyl (C=O) groups excluding carboxylic acids is 3. The number of benzene rings is 1. The molecule has 3 aliphatic heterocycles. The summed E-state index contributed by atoms with van der Waals surface area (Å²) in [6.45, 7) is 3.90. The van der Waals surface area contributed by atoms with Crippen LogP contribution in [0.25, 0.3) is 0 Å². The smallest absolute Gasteiger partial charge is 0.338 e. The Morgan fingerprint density at radius 3 is 2.58 bits per heavy atom. The number of hydrogen-bond donors (Lipinski definition) is 1. The summed E-state index contributed by atoms with van der Waals surface area (Å²) < 4.78 is 10.2. The van der Waals surface area contributed by atoms with Crippen LogP contribution in [-0.2, 0) is 32.1 Å². The first-order chi connectivity index (χ1) is 15.0. The molecule has 7 nitrogen and oxygen atoms in total. The Morgan fingerprint density at radius 1 is 1.06 bits per heavy atom. The van der Waals surface area contributed by atoms with Gasteiger partial charge in [0.15, 0.2) is 0 Å². The van der Waals surface area contributed by atoms with Gasteiger partial charge in [0.05, 0.1) is 22.2 Å². The van der Waals surface area contributed by atoms with Gasteiger partial charge in [0, 0.05) is 18.2 Å². The third kappa shape index (κ3) is 3.55. The van der Waals surface area contributed by atoms with Crippen molar-refractivity contribution in [3.8, 4) is 0 Å². The summed E-state index contributed by atoms with van der Waals surface area (Å²) in [6, 6.07) is 6.35. The van der Waals surface area contributed by atoms with Gasteiger partial charge in [-0.2, -0.15) is 0 Å². The van der Waals surface area contributed by atoms with Gasteiger partial charge in [0.2, 0.25) is 5.91 Å². The summed E-state index contributed by atoms with van der Waals surface area (Å²) in [4.78, 5) is 38.3. The first-order valence-electron chi connectivity index (χ1n) is 11.2. The third-order valence-corrected chi connectivity index (χ3v) is 7.46. The fourth-order valence-corrected chi connectivity index (χ4v) is 5.43. The number of nitrogens with zero attached hydrogens (tertiary/aromatic N) is 1. The number of ether oxygens (including phenoxy) is 2. The highest BCUT2D eigenvalue weighted by molar-refractivity contribution is 5.94. The zero-order valence-electron chi connectivity index (χ0n) is 17.9. The minimum atomic E-state index is -0.306. The summed E-state index contributed by atoms with van der Waals surface area (Å²) in [5.41, 5.74) is 3.92.